The number of H-pyrrole nitrogens is 1. The molecule has 0 radical (unpaired) electrons. The maximum atomic E-state index is 12.7. The zero-order valence-electron chi connectivity index (χ0n) is 19.9. The van der Waals surface area contributed by atoms with E-state index < -0.39 is 0 Å². The highest BCUT2D eigenvalue weighted by Gasteiger charge is 2.27. The Labute approximate surface area is 196 Å². The molecule has 0 aliphatic rings. The van der Waals surface area contributed by atoms with Gasteiger partial charge >= 0.3 is 0 Å². The Balaban J connectivity index is 1.93. The fraction of sp³-hybridized carbons (Fsp3) is 0.783. The number of halogens is 1. The molecule has 0 aliphatic carbocycles. The summed E-state index contributed by atoms with van der Waals surface area (Å²) in [5.74, 6) is 0.686. The minimum absolute atomic E-state index is 0.00902. The Hall–Kier alpha value is -1.64. The Kier molecular flexibility index (Phi) is 12.1. The average molecular weight is 470 g/mol. The van der Waals surface area contributed by atoms with Gasteiger partial charge in [-0.1, -0.05) is 82.7 Å². The molecule has 0 bridgehead atoms. The van der Waals surface area contributed by atoms with E-state index in [1.807, 2.05) is 14.0 Å². The molecule has 9 heteroatoms. The van der Waals surface area contributed by atoms with Gasteiger partial charge in [0.25, 0.3) is 0 Å². The zero-order chi connectivity index (χ0) is 23.3. The molecule has 0 saturated carbocycles. The molecule has 1 amide bonds. The van der Waals surface area contributed by atoms with E-state index in [9.17, 15) is 4.79 Å². The molecule has 0 aliphatic heterocycles. The number of unbranched alkanes of at least 4 members (excludes halogenated alkanes) is 9. The number of nitrogens with one attached hydrogen (secondary N) is 1. The maximum absolute atomic E-state index is 12.7. The first kappa shape index (κ1) is 26.6. The molecule has 0 aromatic carbocycles. The van der Waals surface area contributed by atoms with Gasteiger partial charge < -0.3 is 4.90 Å². The van der Waals surface area contributed by atoms with Crippen LogP contribution in [-0.2, 0) is 9.68 Å². The molecule has 2 N–H and O–H groups in total. The molecule has 0 fully saturated rings. The summed E-state index contributed by atoms with van der Waals surface area (Å²) in [7, 11) is 1.81. The average Bonchev–Trinajstić information content (AvgIpc) is 3.31. The van der Waals surface area contributed by atoms with Gasteiger partial charge in [0.1, 0.15) is 5.02 Å². The maximum Gasteiger partial charge on any atom is 0.223 e. The molecule has 2 aromatic heterocycles. The van der Waals surface area contributed by atoms with Crippen LogP contribution in [0.2, 0.25) is 5.02 Å². The summed E-state index contributed by atoms with van der Waals surface area (Å²) in [6, 6.07) is -0.198. The van der Waals surface area contributed by atoms with Crippen molar-refractivity contribution in [1.29, 1.82) is 0 Å². The molecule has 1 atom stereocenters. The van der Waals surface area contributed by atoms with Crippen LogP contribution in [0.25, 0.3) is 5.65 Å². The fourth-order valence-electron chi connectivity index (χ4n) is 4.11. The summed E-state index contributed by atoms with van der Waals surface area (Å²) >= 11 is 6.33. The number of carbonyl (C=O) groups is 1. The van der Waals surface area contributed by atoms with E-state index in [0.717, 1.165) is 25.0 Å². The van der Waals surface area contributed by atoms with Gasteiger partial charge in [-0.3, -0.25) is 15.2 Å². The lowest BCUT2D eigenvalue weighted by molar-refractivity contribution is -0.242. The van der Waals surface area contributed by atoms with Crippen LogP contribution in [0.4, 0.5) is 0 Å². The standard InChI is InChI=1S/C23H40ClN5O3/c1-4-5-6-7-8-9-10-11-12-13-15-19(28(3)20(30)16-14-17-32-31)22-25-26-23-21(24)18(2)27-29(22)23/h19,27,31H,4-17H2,1-3H3. The number of aromatic amines is 1. The largest absolute Gasteiger partial charge is 0.335 e. The first-order valence-corrected chi connectivity index (χ1v) is 12.5. The van der Waals surface area contributed by atoms with E-state index in [-0.39, 0.29) is 18.6 Å². The summed E-state index contributed by atoms with van der Waals surface area (Å²) in [6.45, 7) is 4.28. The van der Waals surface area contributed by atoms with Crippen molar-refractivity contribution >= 4 is 23.2 Å². The second-order valence-electron chi connectivity index (χ2n) is 8.70. The SMILES string of the molecule is CCCCCCCCCCCCC(c1nnc2c(Cl)c(C)[nH]n12)N(C)C(=O)CCCOO. The summed E-state index contributed by atoms with van der Waals surface area (Å²) in [5.41, 5.74) is 1.41. The highest BCUT2D eigenvalue weighted by atomic mass is 35.5. The van der Waals surface area contributed by atoms with Gasteiger partial charge in [0.2, 0.25) is 5.91 Å². The summed E-state index contributed by atoms with van der Waals surface area (Å²) in [5, 5.41) is 20.9. The lowest BCUT2D eigenvalue weighted by atomic mass is 10.0. The Morgan fingerprint density at radius 3 is 2.34 bits per heavy atom. The highest BCUT2D eigenvalue weighted by molar-refractivity contribution is 6.34. The molecule has 2 rings (SSSR count). The predicted molar refractivity (Wildman–Crippen MR) is 127 cm³/mol. The molecule has 0 saturated heterocycles. The van der Waals surface area contributed by atoms with Crippen molar-refractivity contribution in [3.8, 4) is 0 Å². The number of aromatic nitrogens is 4. The smallest absolute Gasteiger partial charge is 0.223 e. The van der Waals surface area contributed by atoms with E-state index >= 15 is 0 Å². The molecule has 2 heterocycles. The topological polar surface area (TPSA) is 95.8 Å². The summed E-state index contributed by atoms with van der Waals surface area (Å²) in [6.07, 6.45) is 14.2. The molecule has 2 aromatic rings. The third-order valence-corrected chi connectivity index (χ3v) is 6.56. The van der Waals surface area contributed by atoms with E-state index in [1.165, 1.54) is 51.4 Å². The molecular weight excluding hydrogens is 430 g/mol. The van der Waals surface area contributed by atoms with Gasteiger partial charge in [-0.25, -0.2) is 9.40 Å². The molecular formula is C23H40ClN5O3. The number of nitrogens with zero attached hydrogens (tertiary/aromatic N) is 4. The van der Waals surface area contributed by atoms with Crippen LogP contribution in [0.1, 0.15) is 108 Å². The van der Waals surface area contributed by atoms with Crippen molar-refractivity contribution in [2.75, 3.05) is 13.7 Å². The number of hydrogen-bond donors (Lipinski definition) is 2. The van der Waals surface area contributed by atoms with Gasteiger partial charge in [-0.05, 0) is 19.8 Å². The van der Waals surface area contributed by atoms with Gasteiger partial charge in [0, 0.05) is 13.5 Å². The molecule has 8 nitrogen and oxygen atoms in total. The van der Waals surface area contributed by atoms with Crippen LogP contribution in [0.3, 0.4) is 0 Å². The van der Waals surface area contributed by atoms with Crippen molar-refractivity contribution < 1.29 is 14.9 Å². The molecule has 0 spiro atoms. The van der Waals surface area contributed by atoms with Gasteiger partial charge in [-0.15, -0.1) is 10.2 Å². The third-order valence-electron chi connectivity index (χ3n) is 6.11. The van der Waals surface area contributed by atoms with Crippen LogP contribution >= 0.6 is 11.6 Å². The third kappa shape index (κ3) is 7.74. The predicted octanol–water partition coefficient (Wildman–Crippen LogP) is 6.10. The van der Waals surface area contributed by atoms with Crippen molar-refractivity contribution in [3.63, 3.8) is 0 Å². The van der Waals surface area contributed by atoms with E-state index in [4.69, 9.17) is 16.9 Å². The van der Waals surface area contributed by atoms with Crippen molar-refractivity contribution in [3.05, 3.63) is 16.5 Å². The Bertz CT molecular complexity index is 807. The number of amides is 1. The van der Waals surface area contributed by atoms with Crippen LogP contribution in [0, 0.1) is 6.92 Å². The van der Waals surface area contributed by atoms with E-state index in [2.05, 4.69) is 27.1 Å². The number of hydrogen-bond acceptors (Lipinski definition) is 5. The number of aryl methyl sites for hydroxylation is 1. The van der Waals surface area contributed by atoms with Crippen molar-refractivity contribution in [2.24, 2.45) is 0 Å². The van der Waals surface area contributed by atoms with Crippen molar-refractivity contribution in [1.82, 2.24) is 24.7 Å². The van der Waals surface area contributed by atoms with Crippen molar-refractivity contribution in [2.45, 2.75) is 103 Å². The number of carbonyl (C=O) groups excluding carboxylic acids is 1. The summed E-state index contributed by atoms with van der Waals surface area (Å²) < 4.78 is 1.79. The highest BCUT2D eigenvalue weighted by Crippen LogP contribution is 2.29. The van der Waals surface area contributed by atoms with Crippen LogP contribution < -0.4 is 0 Å². The van der Waals surface area contributed by atoms with Gasteiger partial charge in [0.05, 0.1) is 18.3 Å². The summed E-state index contributed by atoms with van der Waals surface area (Å²) in [4.78, 5) is 18.6. The first-order valence-electron chi connectivity index (χ1n) is 12.1. The van der Waals surface area contributed by atoms with Gasteiger partial charge in [0.15, 0.2) is 11.5 Å². The second kappa shape index (κ2) is 14.5. The monoisotopic (exact) mass is 469 g/mol. The lowest BCUT2D eigenvalue weighted by Crippen LogP contribution is -2.32. The number of rotatable bonds is 17. The van der Waals surface area contributed by atoms with Gasteiger partial charge in [-0.2, -0.15) is 0 Å². The quantitative estimate of drug-likeness (QED) is 0.166. The Morgan fingerprint density at radius 1 is 1.09 bits per heavy atom. The zero-order valence-corrected chi connectivity index (χ0v) is 20.7. The van der Waals surface area contributed by atoms with Crippen LogP contribution in [0.15, 0.2) is 0 Å². The van der Waals surface area contributed by atoms with Crippen LogP contribution in [0.5, 0.6) is 0 Å². The molecule has 1 unspecified atom stereocenters. The lowest BCUT2D eigenvalue weighted by Gasteiger charge is -2.27. The number of fused-ring (bicyclic) bond motifs is 1. The second-order valence-corrected chi connectivity index (χ2v) is 9.07. The molecule has 182 valence electrons. The fourth-order valence-corrected chi connectivity index (χ4v) is 4.27. The minimum atomic E-state index is -0.198. The van der Waals surface area contributed by atoms with E-state index in [1.54, 1.807) is 9.42 Å². The minimum Gasteiger partial charge on any atom is -0.335 e. The molecule has 32 heavy (non-hydrogen) atoms. The Morgan fingerprint density at radius 2 is 1.72 bits per heavy atom. The normalized spacial score (nSPS) is 12.5. The first-order chi connectivity index (χ1) is 15.5. The van der Waals surface area contributed by atoms with Crippen LogP contribution in [-0.4, -0.2) is 49.5 Å². The van der Waals surface area contributed by atoms with E-state index in [0.29, 0.717) is 29.3 Å².